The van der Waals surface area contributed by atoms with Crippen molar-refractivity contribution in [3.63, 3.8) is 0 Å². The number of nitrogens with one attached hydrogen (secondary N) is 1. The Morgan fingerprint density at radius 1 is 1.47 bits per heavy atom. The number of aromatic nitrogens is 3. The Morgan fingerprint density at radius 2 is 2.47 bits per heavy atom. The molecule has 0 radical (unpaired) electrons. The summed E-state index contributed by atoms with van der Waals surface area (Å²) in [4.78, 5) is 4.26. The largest absolute Gasteiger partial charge is 0.316 e. The van der Waals surface area contributed by atoms with E-state index in [0.29, 0.717) is 5.92 Å². The van der Waals surface area contributed by atoms with Gasteiger partial charge in [-0.25, -0.2) is 9.50 Å². The molecule has 4 heteroatoms. The second kappa shape index (κ2) is 4.56. The number of hydrogen-bond donors (Lipinski definition) is 1. The fraction of sp³-hybridized carbons (Fsp3) is 0.385. The zero-order valence-corrected chi connectivity index (χ0v) is 9.56. The molecule has 1 fully saturated rings. The molecule has 4 nitrogen and oxygen atoms in total. The smallest absolute Gasteiger partial charge is 0.154 e. The molecule has 0 bridgehead atoms. The fourth-order valence-corrected chi connectivity index (χ4v) is 2.07. The zero-order chi connectivity index (χ0) is 11.5. The SMILES string of the molecule is C(#CC1CCCNC1)c1cnc2cccnn12. The van der Waals surface area contributed by atoms with Crippen LogP contribution in [0.2, 0.25) is 0 Å². The van der Waals surface area contributed by atoms with Crippen molar-refractivity contribution in [1.29, 1.82) is 0 Å². The van der Waals surface area contributed by atoms with Gasteiger partial charge in [-0.3, -0.25) is 0 Å². The van der Waals surface area contributed by atoms with Crippen molar-refractivity contribution in [3.05, 3.63) is 30.2 Å². The van der Waals surface area contributed by atoms with Gasteiger partial charge in [0.15, 0.2) is 5.65 Å². The van der Waals surface area contributed by atoms with Crippen molar-refractivity contribution in [1.82, 2.24) is 19.9 Å². The minimum Gasteiger partial charge on any atom is -0.316 e. The third kappa shape index (κ3) is 2.15. The van der Waals surface area contributed by atoms with E-state index in [1.54, 1.807) is 16.9 Å². The molecule has 1 saturated heterocycles. The molecule has 2 aromatic rings. The average molecular weight is 226 g/mol. The third-order valence-electron chi connectivity index (χ3n) is 2.98. The van der Waals surface area contributed by atoms with E-state index in [1.807, 2.05) is 12.1 Å². The normalized spacial score (nSPS) is 19.9. The molecule has 3 rings (SSSR count). The Kier molecular flexibility index (Phi) is 2.76. The van der Waals surface area contributed by atoms with Crippen LogP contribution in [0.3, 0.4) is 0 Å². The molecule has 0 amide bonds. The Morgan fingerprint density at radius 3 is 3.35 bits per heavy atom. The Balaban J connectivity index is 1.87. The summed E-state index contributed by atoms with van der Waals surface area (Å²) >= 11 is 0. The molecule has 0 saturated carbocycles. The molecule has 0 aliphatic carbocycles. The number of fused-ring (bicyclic) bond motifs is 1. The molecule has 17 heavy (non-hydrogen) atoms. The molecule has 1 unspecified atom stereocenters. The summed E-state index contributed by atoms with van der Waals surface area (Å²) in [5.41, 5.74) is 1.71. The van der Waals surface area contributed by atoms with E-state index < -0.39 is 0 Å². The quantitative estimate of drug-likeness (QED) is 0.683. The van der Waals surface area contributed by atoms with Gasteiger partial charge in [0, 0.05) is 18.7 Å². The van der Waals surface area contributed by atoms with Gasteiger partial charge in [0.25, 0.3) is 0 Å². The summed E-state index contributed by atoms with van der Waals surface area (Å²) in [7, 11) is 0. The maximum atomic E-state index is 4.26. The van der Waals surface area contributed by atoms with Crippen LogP contribution in [0, 0.1) is 17.8 Å². The average Bonchev–Trinajstić information content (AvgIpc) is 2.81. The minimum absolute atomic E-state index is 0.456. The molecule has 0 aromatic carbocycles. The van der Waals surface area contributed by atoms with Crippen molar-refractivity contribution in [3.8, 4) is 11.8 Å². The second-order valence-corrected chi connectivity index (χ2v) is 4.25. The number of piperidine rings is 1. The van der Waals surface area contributed by atoms with Crippen LogP contribution in [0.4, 0.5) is 0 Å². The van der Waals surface area contributed by atoms with Gasteiger partial charge in [-0.1, -0.05) is 5.92 Å². The first-order valence-corrected chi connectivity index (χ1v) is 5.94. The predicted molar refractivity (Wildman–Crippen MR) is 65.5 cm³/mol. The van der Waals surface area contributed by atoms with Gasteiger partial charge >= 0.3 is 0 Å². The Hall–Kier alpha value is -1.86. The number of nitrogens with zero attached hydrogens (tertiary/aromatic N) is 3. The lowest BCUT2D eigenvalue weighted by Gasteiger charge is -2.17. The van der Waals surface area contributed by atoms with Crippen LogP contribution in [0.15, 0.2) is 24.5 Å². The van der Waals surface area contributed by atoms with Gasteiger partial charge in [-0.15, -0.1) is 0 Å². The van der Waals surface area contributed by atoms with Crippen molar-refractivity contribution >= 4 is 5.65 Å². The van der Waals surface area contributed by atoms with Crippen LogP contribution >= 0.6 is 0 Å². The molecule has 3 heterocycles. The lowest BCUT2D eigenvalue weighted by Crippen LogP contribution is -2.28. The van der Waals surface area contributed by atoms with Crippen LogP contribution in [0.1, 0.15) is 18.5 Å². The minimum atomic E-state index is 0.456. The van der Waals surface area contributed by atoms with Crippen molar-refractivity contribution < 1.29 is 0 Å². The molecular weight excluding hydrogens is 212 g/mol. The van der Waals surface area contributed by atoms with E-state index in [9.17, 15) is 0 Å². The Bertz CT molecular complexity index is 570. The lowest BCUT2D eigenvalue weighted by molar-refractivity contribution is 0.449. The van der Waals surface area contributed by atoms with Gasteiger partial charge in [-0.2, -0.15) is 5.10 Å². The van der Waals surface area contributed by atoms with Gasteiger partial charge < -0.3 is 5.32 Å². The summed E-state index contributed by atoms with van der Waals surface area (Å²) < 4.78 is 1.78. The molecule has 1 aliphatic heterocycles. The van der Waals surface area contributed by atoms with Crippen LogP contribution in [-0.4, -0.2) is 27.7 Å². The summed E-state index contributed by atoms with van der Waals surface area (Å²) in [6.45, 7) is 2.12. The van der Waals surface area contributed by atoms with E-state index in [4.69, 9.17) is 0 Å². The Labute approximate surface area is 100 Å². The molecule has 1 atom stereocenters. The highest BCUT2D eigenvalue weighted by Gasteiger charge is 2.09. The monoisotopic (exact) mass is 226 g/mol. The molecular formula is C13H14N4. The van der Waals surface area contributed by atoms with Crippen LogP contribution in [0.25, 0.3) is 5.65 Å². The van der Waals surface area contributed by atoms with E-state index >= 15 is 0 Å². The molecule has 1 aliphatic rings. The van der Waals surface area contributed by atoms with Crippen LogP contribution in [0.5, 0.6) is 0 Å². The standard InChI is InChI=1S/C13H14N4/c1-3-11(9-14-7-1)5-6-12-10-15-13-4-2-8-16-17(12)13/h2,4,8,10-11,14H,1,3,7,9H2. The molecule has 2 aromatic heterocycles. The van der Waals surface area contributed by atoms with Gasteiger partial charge in [-0.05, 0) is 37.4 Å². The van der Waals surface area contributed by atoms with Crippen molar-refractivity contribution in [2.45, 2.75) is 12.8 Å². The van der Waals surface area contributed by atoms with Gasteiger partial charge in [0.1, 0.15) is 5.69 Å². The highest BCUT2D eigenvalue weighted by molar-refractivity contribution is 5.42. The second-order valence-electron chi connectivity index (χ2n) is 4.25. The van der Waals surface area contributed by atoms with Crippen molar-refractivity contribution in [2.75, 3.05) is 13.1 Å². The van der Waals surface area contributed by atoms with E-state index in [-0.39, 0.29) is 0 Å². The summed E-state index contributed by atoms with van der Waals surface area (Å²) in [5.74, 6) is 6.94. The zero-order valence-electron chi connectivity index (χ0n) is 9.56. The fourth-order valence-electron chi connectivity index (χ4n) is 2.07. The first-order valence-electron chi connectivity index (χ1n) is 5.94. The lowest BCUT2D eigenvalue weighted by atomic mass is 10.0. The van der Waals surface area contributed by atoms with Crippen molar-refractivity contribution in [2.24, 2.45) is 5.92 Å². The maximum Gasteiger partial charge on any atom is 0.154 e. The maximum absolute atomic E-state index is 4.26. The summed E-state index contributed by atoms with van der Waals surface area (Å²) in [5, 5.41) is 7.60. The summed E-state index contributed by atoms with van der Waals surface area (Å²) in [6, 6.07) is 3.81. The van der Waals surface area contributed by atoms with Gasteiger partial charge in [0.2, 0.25) is 0 Å². The predicted octanol–water partition coefficient (Wildman–Crippen LogP) is 1.08. The van der Waals surface area contributed by atoms with E-state index in [2.05, 4.69) is 27.2 Å². The highest BCUT2D eigenvalue weighted by atomic mass is 15.2. The number of hydrogen-bond acceptors (Lipinski definition) is 3. The highest BCUT2D eigenvalue weighted by Crippen LogP contribution is 2.09. The molecule has 1 N–H and O–H groups in total. The number of rotatable bonds is 0. The van der Waals surface area contributed by atoms with Crippen LogP contribution < -0.4 is 5.32 Å². The van der Waals surface area contributed by atoms with Crippen LogP contribution in [-0.2, 0) is 0 Å². The molecule has 86 valence electrons. The third-order valence-corrected chi connectivity index (χ3v) is 2.98. The number of imidazole rings is 1. The first kappa shape index (κ1) is 10.3. The first-order chi connectivity index (χ1) is 8.43. The molecule has 0 spiro atoms. The van der Waals surface area contributed by atoms with E-state index in [0.717, 1.165) is 24.4 Å². The summed E-state index contributed by atoms with van der Waals surface area (Å²) in [6.07, 6.45) is 5.93. The van der Waals surface area contributed by atoms with Gasteiger partial charge in [0.05, 0.1) is 6.20 Å². The topological polar surface area (TPSA) is 42.2 Å². The van der Waals surface area contributed by atoms with E-state index in [1.165, 1.54) is 12.8 Å².